The van der Waals surface area contributed by atoms with Crippen LogP contribution in [0.2, 0.25) is 0 Å². The van der Waals surface area contributed by atoms with Gasteiger partial charge in [-0.15, -0.1) is 0 Å². The second-order valence-electron chi connectivity index (χ2n) is 7.12. The molecule has 156 valence electrons. The lowest BCUT2D eigenvalue weighted by atomic mass is 10.1. The second kappa shape index (κ2) is 13.0. The minimum atomic E-state index is -0.487. The van der Waals surface area contributed by atoms with Crippen LogP contribution in [0, 0.1) is 0 Å². The van der Waals surface area contributed by atoms with Crippen LogP contribution in [0.5, 0.6) is 0 Å². The van der Waals surface area contributed by atoms with Gasteiger partial charge in [-0.05, 0) is 24.5 Å². The van der Waals surface area contributed by atoms with Crippen LogP contribution in [0.3, 0.4) is 0 Å². The summed E-state index contributed by atoms with van der Waals surface area (Å²) in [6.07, 6.45) is 2.40. The van der Waals surface area contributed by atoms with Crippen molar-refractivity contribution < 1.29 is 9.59 Å². The lowest BCUT2D eigenvalue weighted by Gasteiger charge is -2.29. The smallest absolute Gasteiger partial charge is 0.242 e. The highest BCUT2D eigenvalue weighted by atomic mass is 32.2. The SMILES string of the molecule is CCCCNC(=O)C(C)N(Cc1ccccc1)C(=O)CCSCc1ccccc1. The Morgan fingerprint density at radius 2 is 1.62 bits per heavy atom. The monoisotopic (exact) mass is 412 g/mol. The Morgan fingerprint density at radius 3 is 2.24 bits per heavy atom. The van der Waals surface area contributed by atoms with Crippen LogP contribution in [-0.4, -0.2) is 35.1 Å². The second-order valence-corrected chi connectivity index (χ2v) is 8.22. The Morgan fingerprint density at radius 1 is 1.00 bits per heavy atom. The molecule has 0 fully saturated rings. The first-order valence-corrected chi connectivity index (χ1v) is 11.5. The Labute approximate surface area is 179 Å². The molecule has 1 atom stereocenters. The van der Waals surface area contributed by atoms with Gasteiger partial charge in [0.2, 0.25) is 11.8 Å². The van der Waals surface area contributed by atoms with Gasteiger partial charge < -0.3 is 10.2 Å². The number of carbonyl (C=O) groups is 2. The van der Waals surface area contributed by atoms with E-state index >= 15 is 0 Å². The van der Waals surface area contributed by atoms with Crippen LogP contribution in [0.4, 0.5) is 0 Å². The van der Waals surface area contributed by atoms with Gasteiger partial charge in [0, 0.05) is 31.0 Å². The summed E-state index contributed by atoms with van der Waals surface area (Å²) in [6.45, 7) is 5.01. The summed E-state index contributed by atoms with van der Waals surface area (Å²) in [5, 5.41) is 2.96. The largest absolute Gasteiger partial charge is 0.354 e. The Hall–Kier alpha value is -2.27. The molecule has 2 amide bonds. The average molecular weight is 413 g/mol. The molecule has 2 aromatic carbocycles. The van der Waals surface area contributed by atoms with Gasteiger partial charge in [0.05, 0.1) is 0 Å². The Balaban J connectivity index is 1.93. The molecule has 0 saturated carbocycles. The summed E-state index contributed by atoms with van der Waals surface area (Å²) in [5.74, 6) is 1.57. The molecule has 1 unspecified atom stereocenters. The van der Waals surface area contributed by atoms with E-state index < -0.39 is 6.04 Å². The topological polar surface area (TPSA) is 49.4 Å². The molecule has 0 bridgehead atoms. The van der Waals surface area contributed by atoms with E-state index in [4.69, 9.17) is 0 Å². The van der Waals surface area contributed by atoms with Crippen LogP contribution < -0.4 is 5.32 Å². The lowest BCUT2D eigenvalue weighted by molar-refractivity contribution is -0.140. The molecule has 0 radical (unpaired) electrons. The molecule has 4 nitrogen and oxygen atoms in total. The lowest BCUT2D eigenvalue weighted by Crippen LogP contribution is -2.47. The molecule has 0 saturated heterocycles. The molecule has 5 heteroatoms. The molecular weight excluding hydrogens is 380 g/mol. The van der Waals surface area contributed by atoms with Gasteiger partial charge in [-0.25, -0.2) is 0 Å². The summed E-state index contributed by atoms with van der Waals surface area (Å²) < 4.78 is 0. The molecule has 29 heavy (non-hydrogen) atoms. The van der Waals surface area contributed by atoms with Crippen molar-refractivity contribution in [2.45, 2.75) is 51.4 Å². The maximum Gasteiger partial charge on any atom is 0.242 e. The number of carbonyl (C=O) groups excluding carboxylic acids is 2. The molecule has 0 aliphatic carbocycles. The fourth-order valence-electron chi connectivity index (χ4n) is 2.97. The van der Waals surface area contributed by atoms with Crippen molar-refractivity contribution in [1.82, 2.24) is 10.2 Å². The highest BCUT2D eigenvalue weighted by molar-refractivity contribution is 7.98. The first-order valence-electron chi connectivity index (χ1n) is 10.3. The minimum Gasteiger partial charge on any atom is -0.354 e. The number of nitrogens with one attached hydrogen (secondary N) is 1. The van der Waals surface area contributed by atoms with Crippen molar-refractivity contribution in [1.29, 1.82) is 0 Å². The molecule has 0 aliphatic heterocycles. The third-order valence-electron chi connectivity index (χ3n) is 4.76. The van der Waals surface area contributed by atoms with Crippen molar-refractivity contribution in [2.75, 3.05) is 12.3 Å². The maximum atomic E-state index is 13.0. The number of benzene rings is 2. The fourth-order valence-corrected chi connectivity index (χ4v) is 3.86. The van der Waals surface area contributed by atoms with E-state index in [0.717, 1.165) is 29.9 Å². The average Bonchev–Trinajstić information content (AvgIpc) is 2.76. The molecule has 0 spiro atoms. The summed E-state index contributed by atoms with van der Waals surface area (Å²) in [4.78, 5) is 27.2. The van der Waals surface area contributed by atoms with Crippen molar-refractivity contribution >= 4 is 23.6 Å². The van der Waals surface area contributed by atoms with Gasteiger partial charge in [0.1, 0.15) is 6.04 Å². The zero-order chi connectivity index (χ0) is 20.9. The fraction of sp³-hybridized carbons (Fsp3) is 0.417. The first kappa shape index (κ1) is 23.0. The van der Waals surface area contributed by atoms with E-state index in [2.05, 4.69) is 24.4 Å². The van der Waals surface area contributed by atoms with Crippen molar-refractivity contribution in [3.8, 4) is 0 Å². The third-order valence-corrected chi connectivity index (χ3v) is 5.79. The zero-order valence-electron chi connectivity index (χ0n) is 17.5. The van der Waals surface area contributed by atoms with Gasteiger partial charge in [-0.3, -0.25) is 9.59 Å². The van der Waals surface area contributed by atoms with Crippen molar-refractivity contribution in [2.24, 2.45) is 0 Å². The number of thioether (sulfide) groups is 1. The predicted molar refractivity (Wildman–Crippen MR) is 122 cm³/mol. The normalized spacial score (nSPS) is 11.7. The zero-order valence-corrected chi connectivity index (χ0v) is 18.3. The van der Waals surface area contributed by atoms with Crippen molar-refractivity contribution in [3.05, 3.63) is 71.8 Å². The molecule has 2 rings (SSSR count). The summed E-state index contributed by atoms with van der Waals surface area (Å²) >= 11 is 1.75. The van der Waals surface area contributed by atoms with Gasteiger partial charge >= 0.3 is 0 Å². The van der Waals surface area contributed by atoms with E-state index in [9.17, 15) is 9.59 Å². The standard InChI is InChI=1S/C24H32N2O2S/c1-3-4-16-25-24(28)20(2)26(18-21-11-7-5-8-12-21)23(27)15-17-29-19-22-13-9-6-10-14-22/h5-14,20H,3-4,15-19H2,1-2H3,(H,25,28). The number of amides is 2. The van der Waals surface area contributed by atoms with E-state index in [-0.39, 0.29) is 11.8 Å². The number of rotatable bonds is 12. The first-order chi connectivity index (χ1) is 14.1. The Kier molecular flexibility index (Phi) is 10.4. The highest BCUT2D eigenvalue weighted by Gasteiger charge is 2.25. The van der Waals surface area contributed by atoms with Gasteiger partial charge in [0.25, 0.3) is 0 Å². The number of hydrogen-bond acceptors (Lipinski definition) is 3. The van der Waals surface area contributed by atoms with Crippen LogP contribution in [0.1, 0.15) is 44.2 Å². The molecule has 0 aromatic heterocycles. The predicted octanol–water partition coefficient (Wildman–Crippen LogP) is 4.64. The van der Waals surface area contributed by atoms with Gasteiger partial charge in [-0.2, -0.15) is 11.8 Å². The number of nitrogens with zero attached hydrogens (tertiary/aromatic N) is 1. The van der Waals surface area contributed by atoms with Crippen LogP contribution in [0.25, 0.3) is 0 Å². The number of unbranched alkanes of at least 4 members (excludes halogenated alkanes) is 1. The molecule has 1 N–H and O–H groups in total. The summed E-state index contributed by atoms with van der Waals surface area (Å²) in [5.41, 5.74) is 2.29. The van der Waals surface area contributed by atoms with Crippen LogP contribution in [0.15, 0.2) is 60.7 Å². The maximum absolute atomic E-state index is 13.0. The third kappa shape index (κ3) is 8.32. The van der Waals surface area contributed by atoms with E-state index in [1.165, 1.54) is 5.56 Å². The molecular formula is C24H32N2O2S. The van der Waals surface area contributed by atoms with E-state index in [0.29, 0.717) is 19.5 Å². The quantitative estimate of drug-likeness (QED) is 0.517. The van der Waals surface area contributed by atoms with Crippen molar-refractivity contribution in [3.63, 3.8) is 0 Å². The molecule has 2 aromatic rings. The Bertz CT molecular complexity index is 737. The molecule has 0 aliphatic rings. The van der Waals surface area contributed by atoms with Gasteiger partial charge in [-0.1, -0.05) is 74.0 Å². The number of hydrogen-bond donors (Lipinski definition) is 1. The minimum absolute atomic E-state index is 0.0209. The highest BCUT2D eigenvalue weighted by Crippen LogP contribution is 2.16. The summed E-state index contributed by atoms with van der Waals surface area (Å²) in [7, 11) is 0. The van der Waals surface area contributed by atoms with Crippen LogP contribution >= 0.6 is 11.8 Å². The van der Waals surface area contributed by atoms with Gasteiger partial charge in [0.15, 0.2) is 0 Å². The van der Waals surface area contributed by atoms with E-state index in [1.807, 2.05) is 55.5 Å². The summed E-state index contributed by atoms with van der Waals surface area (Å²) in [6, 6.07) is 19.6. The van der Waals surface area contributed by atoms with E-state index in [1.54, 1.807) is 16.7 Å². The van der Waals surface area contributed by atoms with Crippen LogP contribution in [-0.2, 0) is 21.9 Å². The molecule has 0 heterocycles.